The van der Waals surface area contributed by atoms with E-state index in [2.05, 4.69) is 4.99 Å². The Hall–Kier alpha value is -1.44. The fourth-order valence-corrected chi connectivity index (χ4v) is 1.39. The number of isocyanates is 1. The summed E-state index contributed by atoms with van der Waals surface area (Å²) in [5.41, 5.74) is 1.55. The maximum absolute atomic E-state index is 9.94. The largest absolute Gasteiger partial charge is 0.390 e. The Bertz CT molecular complexity index is 370. The summed E-state index contributed by atoms with van der Waals surface area (Å²) in [6.45, 7) is 4.00. The average molecular weight is 219 g/mol. The van der Waals surface area contributed by atoms with E-state index in [0.29, 0.717) is 6.54 Å². The van der Waals surface area contributed by atoms with Crippen LogP contribution in [0.1, 0.15) is 31.4 Å². The molecule has 0 radical (unpaired) electrons. The first-order chi connectivity index (χ1) is 7.51. The summed E-state index contributed by atoms with van der Waals surface area (Å²) < 4.78 is 0. The van der Waals surface area contributed by atoms with Gasteiger partial charge in [-0.1, -0.05) is 24.3 Å². The highest BCUT2D eigenvalue weighted by molar-refractivity contribution is 5.34. The van der Waals surface area contributed by atoms with E-state index in [1.807, 2.05) is 24.3 Å². The number of benzene rings is 1. The Morgan fingerprint density at radius 1 is 1.25 bits per heavy atom. The molecule has 0 aliphatic heterocycles. The summed E-state index contributed by atoms with van der Waals surface area (Å²) in [7, 11) is 0. The molecule has 0 fully saturated rings. The molecular formula is C13H17NO2. The Morgan fingerprint density at radius 3 is 2.31 bits per heavy atom. The fraction of sp³-hybridized carbons (Fsp3) is 0.462. The third-order valence-corrected chi connectivity index (χ3v) is 2.37. The third-order valence-electron chi connectivity index (χ3n) is 2.37. The van der Waals surface area contributed by atoms with Gasteiger partial charge in [0, 0.05) is 0 Å². The zero-order valence-electron chi connectivity index (χ0n) is 9.73. The van der Waals surface area contributed by atoms with Crippen molar-refractivity contribution in [1.82, 2.24) is 0 Å². The molecule has 0 aliphatic carbocycles. The molecule has 0 unspecified atom stereocenters. The lowest BCUT2D eigenvalue weighted by atomic mass is 9.98. The second-order valence-corrected chi connectivity index (χ2v) is 4.54. The standard InChI is InChI=1S/C13H17NO2/c1-13(2,16)8-7-11-3-5-12(6-4-11)9-14-10-15/h3-6,16H,7-9H2,1-2H3. The second-order valence-electron chi connectivity index (χ2n) is 4.54. The van der Waals surface area contributed by atoms with Crippen molar-refractivity contribution >= 4 is 6.08 Å². The normalized spacial score (nSPS) is 10.9. The van der Waals surface area contributed by atoms with Gasteiger partial charge >= 0.3 is 0 Å². The van der Waals surface area contributed by atoms with E-state index in [1.165, 1.54) is 11.6 Å². The fourth-order valence-electron chi connectivity index (χ4n) is 1.39. The van der Waals surface area contributed by atoms with E-state index in [4.69, 9.17) is 0 Å². The highest BCUT2D eigenvalue weighted by Crippen LogP contribution is 2.14. The van der Waals surface area contributed by atoms with Crippen molar-refractivity contribution in [3.05, 3.63) is 35.4 Å². The molecule has 1 rings (SSSR count). The van der Waals surface area contributed by atoms with Crippen LogP contribution in [0.4, 0.5) is 0 Å². The maximum atomic E-state index is 9.94. The van der Waals surface area contributed by atoms with Crippen molar-refractivity contribution in [3.63, 3.8) is 0 Å². The minimum Gasteiger partial charge on any atom is -0.390 e. The van der Waals surface area contributed by atoms with Crippen molar-refractivity contribution in [2.75, 3.05) is 0 Å². The minimum atomic E-state index is -0.625. The van der Waals surface area contributed by atoms with E-state index in [0.717, 1.165) is 18.4 Å². The lowest BCUT2D eigenvalue weighted by Crippen LogP contribution is -2.19. The second kappa shape index (κ2) is 5.59. The Morgan fingerprint density at radius 2 is 1.81 bits per heavy atom. The first-order valence-corrected chi connectivity index (χ1v) is 5.35. The molecule has 0 saturated heterocycles. The molecular weight excluding hydrogens is 202 g/mol. The summed E-state index contributed by atoms with van der Waals surface area (Å²) in [6, 6.07) is 7.89. The molecule has 3 heteroatoms. The van der Waals surface area contributed by atoms with E-state index in [9.17, 15) is 9.90 Å². The van der Waals surface area contributed by atoms with Crippen molar-refractivity contribution in [2.45, 2.75) is 38.8 Å². The highest BCUT2D eigenvalue weighted by Gasteiger charge is 2.11. The van der Waals surface area contributed by atoms with Crippen LogP contribution in [0.2, 0.25) is 0 Å². The highest BCUT2D eigenvalue weighted by atomic mass is 16.3. The first-order valence-electron chi connectivity index (χ1n) is 5.35. The number of aryl methyl sites for hydroxylation is 1. The number of hydrogen-bond acceptors (Lipinski definition) is 3. The van der Waals surface area contributed by atoms with Gasteiger partial charge in [-0.05, 0) is 37.8 Å². The van der Waals surface area contributed by atoms with Gasteiger partial charge in [0.05, 0.1) is 12.1 Å². The third kappa shape index (κ3) is 4.87. The molecule has 0 bridgehead atoms. The topological polar surface area (TPSA) is 49.7 Å². The van der Waals surface area contributed by atoms with Crippen LogP contribution in [-0.4, -0.2) is 16.8 Å². The first kappa shape index (κ1) is 12.6. The van der Waals surface area contributed by atoms with Crippen molar-refractivity contribution in [2.24, 2.45) is 4.99 Å². The Kier molecular flexibility index (Phi) is 4.41. The molecule has 1 aromatic carbocycles. The Balaban J connectivity index is 2.54. The number of hydrogen-bond donors (Lipinski definition) is 1. The van der Waals surface area contributed by atoms with E-state index in [1.54, 1.807) is 13.8 Å². The van der Waals surface area contributed by atoms with Crippen LogP contribution in [0.5, 0.6) is 0 Å². The minimum absolute atomic E-state index is 0.384. The van der Waals surface area contributed by atoms with Crippen LogP contribution < -0.4 is 0 Å². The molecule has 0 amide bonds. The monoisotopic (exact) mass is 219 g/mol. The van der Waals surface area contributed by atoms with Crippen LogP contribution in [0, 0.1) is 0 Å². The molecule has 3 nitrogen and oxygen atoms in total. The van der Waals surface area contributed by atoms with Crippen molar-refractivity contribution in [1.29, 1.82) is 0 Å². The van der Waals surface area contributed by atoms with Gasteiger partial charge in [0.2, 0.25) is 6.08 Å². The predicted octanol–water partition coefficient (Wildman–Crippen LogP) is 2.23. The van der Waals surface area contributed by atoms with Crippen molar-refractivity contribution < 1.29 is 9.90 Å². The number of carbonyl (C=O) groups excluding carboxylic acids is 1. The molecule has 16 heavy (non-hydrogen) atoms. The zero-order chi connectivity index (χ0) is 12.0. The van der Waals surface area contributed by atoms with Gasteiger partial charge < -0.3 is 5.11 Å². The molecule has 1 aromatic rings. The van der Waals surface area contributed by atoms with Crippen LogP contribution in [0.25, 0.3) is 0 Å². The van der Waals surface area contributed by atoms with Crippen LogP contribution in [0.3, 0.4) is 0 Å². The molecule has 0 heterocycles. The lowest BCUT2D eigenvalue weighted by molar-refractivity contribution is 0.0714. The quantitative estimate of drug-likeness (QED) is 0.609. The Labute approximate surface area is 95.8 Å². The number of rotatable bonds is 5. The van der Waals surface area contributed by atoms with Crippen LogP contribution in [0.15, 0.2) is 29.3 Å². The van der Waals surface area contributed by atoms with Crippen LogP contribution >= 0.6 is 0 Å². The molecule has 0 aromatic heterocycles. The number of aliphatic hydroxyl groups is 1. The zero-order valence-corrected chi connectivity index (χ0v) is 9.73. The van der Waals surface area contributed by atoms with Crippen LogP contribution in [-0.2, 0) is 17.8 Å². The summed E-state index contributed by atoms with van der Waals surface area (Å²) in [4.78, 5) is 13.4. The van der Waals surface area contributed by atoms with Crippen molar-refractivity contribution in [3.8, 4) is 0 Å². The summed E-state index contributed by atoms with van der Waals surface area (Å²) in [6.07, 6.45) is 3.10. The summed E-state index contributed by atoms with van der Waals surface area (Å²) in [5.74, 6) is 0. The molecule has 1 N–H and O–H groups in total. The van der Waals surface area contributed by atoms with Gasteiger partial charge in [-0.2, -0.15) is 0 Å². The molecule has 0 saturated carbocycles. The smallest absolute Gasteiger partial charge is 0.235 e. The van der Waals surface area contributed by atoms with Gasteiger partial charge in [-0.25, -0.2) is 9.79 Å². The molecule has 0 aliphatic rings. The average Bonchev–Trinajstić information content (AvgIpc) is 2.24. The number of nitrogens with zero attached hydrogens (tertiary/aromatic N) is 1. The van der Waals surface area contributed by atoms with Gasteiger partial charge in [0.1, 0.15) is 0 Å². The lowest BCUT2D eigenvalue weighted by Gasteiger charge is -2.16. The van der Waals surface area contributed by atoms with Gasteiger partial charge in [-0.15, -0.1) is 0 Å². The molecule has 86 valence electrons. The van der Waals surface area contributed by atoms with Gasteiger partial charge in [0.15, 0.2) is 0 Å². The maximum Gasteiger partial charge on any atom is 0.235 e. The predicted molar refractivity (Wildman–Crippen MR) is 62.9 cm³/mol. The van der Waals surface area contributed by atoms with E-state index < -0.39 is 5.60 Å². The van der Waals surface area contributed by atoms with E-state index >= 15 is 0 Å². The number of aliphatic imine (C=N–C) groups is 1. The summed E-state index contributed by atoms with van der Waals surface area (Å²) in [5, 5.41) is 9.59. The summed E-state index contributed by atoms with van der Waals surface area (Å²) >= 11 is 0. The molecule has 0 spiro atoms. The SMILES string of the molecule is CC(C)(O)CCc1ccc(CN=C=O)cc1. The van der Waals surface area contributed by atoms with Gasteiger partial charge in [-0.3, -0.25) is 0 Å². The molecule has 0 atom stereocenters. The van der Waals surface area contributed by atoms with Gasteiger partial charge in [0.25, 0.3) is 0 Å². The van der Waals surface area contributed by atoms with E-state index in [-0.39, 0.29) is 0 Å².